The summed E-state index contributed by atoms with van der Waals surface area (Å²) in [6.07, 6.45) is -3.12. The van der Waals surface area contributed by atoms with Crippen LogP contribution in [-0.2, 0) is 11.0 Å². The van der Waals surface area contributed by atoms with Crippen molar-refractivity contribution in [3.8, 4) is 0 Å². The van der Waals surface area contributed by atoms with E-state index in [9.17, 15) is 27.9 Å². The summed E-state index contributed by atoms with van der Waals surface area (Å²) in [4.78, 5) is 25.8. The van der Waals surface area contributed by atoms with Crippen LogP contribution >= 0.6 is 0 Å². The van der Waals surface area contributed by atoms with Gasteiger partial charge in [0, 0.05) is 12.1 Å². The second kappa shape index (κ2) is 7.03. The van der Waals surface area contributed by atoms with E-state index in [4.69, 9.17) is 0 Å². The SMILES string of the molecule is CC(C)(O)[C@@H]1CCCN1C(=O)CNC(=O)c1cccc(C(F)(F)F)c1. The Morgan fingerprint density at radius 2 is 2.00 bits per heavy atom. The number of nitrogens with zero attached hydrogens (tertiary/aromatic N) is 1. The monoisotopic (exact) mass is 358 g/mol. The van der Waals surface area contributed by atoms with Crippen molar-refractivity contribution >= 4 is 11.8 Å². The van der Waals surface area contributed by atoms with E-state index >= 15 is 0 Å². The van der Waals surface area contributed by atoms with Crippen LogP contribution in [0.25, 0.3) is 0 Å². The van der Waals surface area contributed by atoms with Gasteiger partial charge in [-0.3, -0.25) is 9.59 Å². The summed E-state index contributed by atoms with van der Waals surface area (Å²) >= 11 is 0. The van der Waals surface area contributed by atoms with Crippen LogP contribution in [-0.4, -0.2) is 46.6 Å². The number of hydrogen-bond donors (Lipinski definition) is 2. The molecule has 2 rings (SSSR count). The van der Waals surface area contributed by atoms with Gasteiger partial charge in [-0.2, -0.15) is 13.2 Å². The van der Waals surface area contributed by atoms with E-state index in [1.165, 1.54) is 11.0 Å². The minimum atomic E-state index is -4.54. The van der Waals surface area contributed by atoms with Crippen LogP contribution in [0.1, 0.15) is 42.6 Å². The molecule has 0 aliphatic carbocycles. The number of carbonyl (C=O) groups excluding carboxylic acids is 2. The molecule has 1 heterocycles. The Bertz CT molecular complexity index is 653. The van der Waals surface area contributed by atoms with Crippen LogP contribution in [0.2, 0.25) is 0 Å². The van der Waals surface area contributed by atoms with Gasteiger partial charge in [-0.15, -0.1) is 0 Å². The minimum absolute atomic E-state index is 0.164. The number of aliphatic hydroxyl groups is 1. The van der Waals surface area contributed by atoms with E-state index in [1.807, 2.05) is 0 Å². The third kappa shape index (κ3) is 4.72. The summed E-state index contributed by atoms with van der Waals surface area (Å²) in [7, 11) is 0. The molecule has 1 aliphatic rings. The number of carbonyl (C=O) groups is 2. The highest BCUT2D eigenvalue weighted by Gasteiger charge is 2.38. The Labute approximate surface area is 143 Å². The molecule has 25 heavy (non-hydrogen) atoms. The van der Waals surface area contributed by atoms with E-state index in [-0.39, 0.29) is 24.1 Å². The molecule has 0 aromatic heterocycles. The molecule has 0 bridgehead atoms. The molecule has 0 spiro atoms. The number of amides is 2. The predicted molar refractivity (Wildman–Crippen MR) is 84.8 cm³/mol. The lowest BCUT2D eigenvalue weighted by Crippen LogP contribution is -2.50. The fraction of sp³-hybridized carbons (Fsp3) is 0.529. The predicted octanol–water partition coefficient (Wildman–Crippen LogP) is 2.20. The number of alkyl halides is 3. The summed E-state index contributed by atoms with van der Waals surface area (Å²) in [6.45, 7) is 3.38. The van der Waals surface area contributed by atoms with Crippen LogP contribution in [0.15, 0.2) is 24.3 Å². The Morgan fingerprint density at radius 1 is 1.32 bits per heavy atom. The number of nitrogens with one attached hydrogen (secondary N) is 1. The van der Waals surface area contributed by atoms with Crippen molar-refractivity contribution in [1.29, 1.82) is 0 Å². The van der Waals surface area contributed by atoms with E-state index in [0.717, 1.165) is 24.6 Å². The molecular formula is C17H21F3N2O3. The molecule has 1 saturated heterocycles. The van der Waals surface area contributed by atoms with Crippen LogP contribution in [0.5, 0.6) is 0 Å². The number of halogens is 3. The molecule has 138 valence electrons. The lowest BCUT2D eigenvalue weighted by molar-refractivity contribution is -0.137. The van der Waals surface area contributed by atoms with Crippen molar-refractivity contribution in [3.63, 3.8) is 0 Å². The molecule has 1 atom stereocenters. The molecule has 0 saturated carbocycles. The smallest absolute Gasteiger partial charge is 0.388 e. The average molecular weight is 358 g/mol. The van der Waals surface area contributed by atoms with E-state index < -0.39 is 23.2 Å². The number of benzene rings is 1. The zero-order chi connectivity index (χ0) is 18.8. The topological polar surface area (TPSA) is 69.6 Å². The molecule has 1 aliphatic heterocycles. The van der Waals surface area contributed by atoms with Gasteiger partial charge in [0.1, 0.15) is 0 Å². The minimum Gasteiger partial charge on any atom is -0.388 e. The van der Waals surface area contributed by atoms with Crippen LogP contribution in [0, 0.1) is 0 Å². The van der Waals surface area contributed by atoms with Gasteiger partial charge in [-0.25, -0.2) is 0 Å². The lowest BCUT2D eigenvalue weighted by Gasteiger charge is -2.33. The van der Waals surface area contributed by atoms with Crippen molar-refractivity contribution in [2.75, 3.05) is 13.1 Å². The summed E-state index contributed by atoms with van der Waals surface area (Å²) < 4.78 is 38.1. The van der Waals surface area contributed by atoms with Gasteiger partial charge in [0.15, 0.2) is 0 Å². The summed E-state index contributed by atoms with van der Waals surface area (Å²) in [5.41, 5.74) is -2.15. The van der Waals surface area contributed by atoms with Crippen molar-refractivity contribution < 1.29 is 27.9 Å². The molecule has 1 aromatic carbocycles. The van der Waals surface area contributed by atoms with Gasteiger partial charge >= 0.3 is 6.18 Å². The van der Waals surface area contributed by atoms with Gasteiger partial charge in [0.25, 0.3) is 5.91 Å². The third-order valence-electron chi connectivity index (χ3n) is 4.24. The molecule has 0 unspecified atom stereocenters. The number of rotatable bonds is 4. The van der Waals surface area contributed by atoms with E-state index in [1.54, 1.807) is 13.8 Å². The summed E-state index contributed by atoms with van der Waals surface area (Å²) in [5.74, 6) is -1.12. The van der Waals surface area contributed by atoms with Gasteiger partial charge in [0.05, 0.1) is 23.8 Å². The van der Waals surface area contributed by atoms with Gasteiger partial charge in [0.2, 0.25) is 5.91 Å². The molecule has 2 N–H and O–H groups in total. The van der Waals surface area contributed by atoms with Crippen molar-refractivity contribution in [2.45, 2.75) is 44.5 Å². The van der Waals surface area contributed by atoms with Crippen molar-refractivity contribution in [2.24, 2.45) is 0 Å². The van der Waals surface area contributed by atoms with E-state index in [2.05, 4.69) is 5.32 Å². The Hall–Kier alpha value is -2.09. The fourth-order valence-corrected chi connectivity index (χ4v) is 3.00. The maximum Gasteiger partial charge on any atom is 0.416 e. The maximum absolute atomic E-state index is 12.7. The van der Waals surface area contributed by atoms with Crippen LogP contribution < -0.4 is 5.32 Å². The third-order valence-corrected chi connectivity index (χ3v) is 4.24. The molecule has 2 amide bonds. The molecule has 1 fully saturated rings. The largest absolute Gasteiger partial charge is 0.416 e. The molecular weight excluding hydrogens is 337 g/mol. The van der Waals surface area contributed by atoms with Crippen molar-refractivity contribution in [1.82, 2.24) is 10.2 Å². The fourth-order valence-electron chi connectivity index (χ4n) is 3.00. The molecule has 8 heteroatoms. The Balaban J connectivity index is 1.99. The molecule has 0 radical (unpaired) electrons. The second-order valence-electron chi connectivity index (χ2n) is 6.66. The zero-order valence-electron chi connectivity index (χ0n) is 14.1. The van der Waals surface area contributed by atoms with Gasteiger partial charge in [-0.1, -0.05) is 6.07 Å². The quantitative estimate of drug-likeness (QED) is 0.867. The second-order valence-corrected chi connectivity index (χ2v) is 6.66. The number of likely N-dealkylation sites (tertiary alicyclic amines) is 1. The van der Waals surface area contributed by atoms with Crippen LogP contribution in [0.3, 0.4) is 0 Å². The summed E-state index contributed by atoms with van der Waals surface area (Å²) in [6, 6.07) is 3.68. The summed E-state index contributed by atoms with van der Waals surface area (Å²) in [5, 5.41) is 12.5. The van der Waals surface area contributed by atoms with E-state index in [0.29, 0.717) is 13.0 Å². The standard InChI is InChI=1S/C17H21F3N2O3/c1-16(2,25)13-7-4-8-22(13)14(23)10-21-15(24)11-5-3-6-12(9-11)17(18,19)20/h3,5-6,9,13,25H,4,7-8,10H2,1-2H3,(H,21,24)/t13-/m0/s1. The highest BCUT2D eigenvalue weighted by atomic mass is 19.4. The number of hydrogen-bond acceptors (Lipinski definition) is 3. The average Bonchev–Trinajstić information content (AvgIpc) is 3.01. The van der Waals surface area contributed by atoms with Crippen molar-refractivity contribution in [3.05, 3.63) is 35.4 Å². The normalized spacial score (nSPS) is 18.3. The van der Waals surface area contributed by atoms with Crippen LogP contribution in [0.4, 0.5) is 13.2 Å². The molecule has 1 aromatic rings. The highest BCUT2D eigenvalue weighted by molar-refractivity contribution is 5.96. The highest BCUT2D eigenvalue weighted by Crippen LogP contribution is 2.29. The zero-order valence-corrected chi connectivity index (χ0v) is 14.1. The van der Waals surface area contributed by atoms with Gasteiger partial charge in [-0.05, 0) is 44.9 Å². The lowest BCUT2D eigenvalue weighted by atomic mass is 9.96. The Morgan fingerprint density at radius 3 is 2.60 bits per heavy atom. The van der Waals surface area contributed by atoms with Gasteiger partial charge < -0.3 is 15.3 Å². The molecule has 5 nitrogen and oxygen atoms in total. The maximum atomic E-state index is 12.7. The first-order chi connectivity index (χ1) is 11.5. The first kappa shape index (κ1) is 19.2. The first-order valence-electron chi connectivity index (χ1n) is 7.97. The first-order valence-corrected chi connectivity index (χ1v) is 7.97. The Kier molecular flexibility index (Phi) is 5.41.